The van der Waals surface area contributed by atoms with Crippen LogP contribution >= 0.6 is 0 Å². The summed E-state index contributed by atoms with van der Waals surface area (Å²) in [5.74, 6) is -1.06. The molecule has 0 atom stereocenters. The second kappa shape index (κ2) is 7.90. The van der Waals surface area contributed by atoms with Crippen LogP contribution in [0.3, 0.4) is 0 Å². The van der Waals surface area contributed by atoms with Gasteiger partial charge in [-0.3, -0.25) is 9.48 Å². The highest BCUT2D eigenvalue weighted by Gasteiger charge is 2.30. The highest BCUT2D eigenvalue weighted by Crippen LogP contribution is 2.34. The van der Waals surface area contributed by atoms with Gasteiger partial charge in [-0.1, -0.05) is 18.7 Å². The molecule has 0 aliphatic heterocycles. The molecule has 0 radical (unpaired) electrons. The van der Waals surface area contributed by atoms with Crippen molar-refractivity contribution in [1.82, 2.24) is 15.1 Å². The van der Waals surface area contributed by atoms with Gasteiger partial charge in [0.2, 0.25) is 5.91 Å². The molecule has 0 fully saturated rings. The number of halogens is 4. The third kappa shape index (κ3) is 4.53. The number of nitrogens with one attached hydrogen (secondary N) is 1. The fourth-order valence-electron chi connectivity index (χ4n) is 2.87. The molecule has 0 saturated carbocycles. The van der Waals surface area contributed by atoms with Gasteiger partial charge in [0.1, 0.15) is 5.82 Å². The van der Waals surface area contributed by atoms with Crippen molar-refractivity contribution in [3.63, 3.8) is 0 Å². The first-order valence-corrected chi connectivity index (χ1v) is 8.59. The summed E-state index contributed by atoms with van der Waals surface area (Å²) < 4.78 is 54.8. The maximum Gasteiger partial charge on any atom is 0.416 e. The van der Waals surface area contributed by atoms with Crippen molar-refractivity contribution in [2.24, 2.45) is 7.05 Å². The van der Waals surface area contributed by atoms with Crippen LogP contribution in [0.1, 0.15) is 11.1 Å². The lowest BCUT2D eigenvalue weighted by Crippen LogP contribution is -2.21. The van der Waals surface area contributed by atoms with Gasteiger partial charge >= 0.3 is 6.18 Å². The lowest BCUT2D eigenvalue weighted by Gasteiger charge is -2.13. The fourth-order valence-corrected chi connectivity index (χ4v) is 2.87. The zero-order chi connectivity index (χ0) is 21.2. The molecular weight excluding hydrogens is 386 g/mol. The molecule has 0 saturated heterocycles. The average Bonchev–Trinajstić information content (AvgIpc) is 3.11. The Bertz CT molecular complexity index is 1050. The van der Waals surface area contributed by atoms with Crippen molar-refractivity contribution in [3.8, 4) is 22.4 Å². The molecule has 0 unspecified atom stereocenters. The lowest BCUT2D eigenvalue weighted by atomic mass is 9.96. The quantitative estimate of drug-likeness (QED) is 0.495. The van der Waals surface area contributed by atoms with E-state index in [1.54, 1.807) is 30.1 Å². The first-order valence-electron chi connectivity index (χ1n) is 8.59. The van der Waals surface area contributed by atoms with Crippen LogP contribution in [0.25, 0.3) is 22.4 Å². The normalized spacial score (nSPS) is 11.3. The van der Waals surface area contributed by atoms with Gasteiger partial charge in [0.25, 0.3) is 0 Å². The van der Waals surface area contributed by atoms with Crippen LogP contribution in [0.2, 0.25) is 0 Å². The molecule has 1 aromatic heterocycles. The number of carbonyl (C=O) groups excluding carboxylic acids is 1. The third-order valence-electron chi connectivity index (χ3n) is 4.36. The summed E-state index contributed by atoms with van der Waals surface area (Å²) >= 11 is 0. The molecule has 0 spiro atoms. The second-order valence-electron chi connectivity index (χ2n) is 6.36. The zero-order valence-corrected chi connectivity index (χ0v) is 15.4. The standard InChI is InChI=1S/C21H17F4N3O/c1-3-20(29)26-12-17-16(19-8-9-28(2)27-19)10-14(11-18(17)22)13-4-6-15(7-5-13)21(23,24)25/h3-11H,1,12H2,2H3,(H,26,29). The van der Waals surface area contributed by atoms with E-state index in [9.17, 15) is 22.4 Å². The Morgan fingerprint density at radius 1 is 1.17 bits per heavy atom. The minimum absolute atomic E-state index is 0.0874. The van der Waals surface area contributed by atoms with Gasteiger partial charge in [-0.25, -0.2) is 4.39 Å². The summed E-state index contributed by atoms with van der Waals surface area (Å²) in [5, 5.41) is 6.81. The minimum Gasteiger partial charge on any atom is -0.348 e. The monoisotopic (exact) mass is 403 g/mol. The van der Waals surface area contributed by atoms with E-state index in [0.717, 1.165) is 18.2 Å². The van der Waals surface area contributed by atoms with Gasteiger partial charge in [-0.05, 0) is 47.5 Å². The number of amides is 1. The first kappa shape index (κ1) is 20.3. The van der Waals surface area contributed by atoms with Crippen LogP contribution in [0.15, 0.2) is 61.3 Å². The molecule has 0 bridgehead atoms. The zero-order valence-electron chi connectivity index (χ0n) is 15.4. The van der Waals surface area contributed by atoms with Gasteiger partial charge in [0.15, 0.2) is 0 Å². The maximum absolute atomic E-state index is 14.9. The molecule has 4 nitrogen and oxygen atoms in total. The Morgan fingerprint density at radius 3 is 2.41 bits per heavy atom. The molecule has 1 heterocycles. The molecule has 3 rings (SSSR count). The number of carbonyl (C=O) groups is 1. The summed E-state index contributed by atoms with van der Waals surface area (Å²) in [6.07, 6.45) is -1.69. The largest absolute Gasteiger partial charge is 0.416 e. The number of nitrogens with zero attached hydrogens (tertiary/aromatic N) is 2. The predicted octanol–water partition coefficient (Wildman–Crippen LogP) is 4.71. The summed E-state index contributed by atoms with van der Waals surface area (Å²) in [6.45, 7) is 3.27. The van der Waals surface area contributed by atoms with Gasteiger partial charge < -0.3 is 5.32 Å². The molecule has 1 amide bonds. The Balaban J connectivity index is 2.07. The summed E-state index contributed by atoms with van der Waals surface area (Å²) in [7, 11) is 1.71. The number of aryl methyl sites for hydroxylation is 1. The Hall–Kier alpha value is -3.42. The van der Waals surface area contributed by atoms with Crippen molar-refractivity contribution in [2.45, 2.75) is 12.7 Å². The number of benzene rings is 2. The van der Waals surface area contributed by atoms with E-state index in [2.05, 4.69) is 17.0 Å². The van der Waals surface area contributed by atoms with Crippen molar-refractivity contribution in [1.29, 1.82) is 0 Å². The minimum atomic E-state index is -4.45. The molecule has 2 aromatic carbocycles. The van der Waals surface area contributed by atoms with Gasteiger partial charge in [0, 0.05) is 30.9 Å². The van der Waals surface area contributed by atoms with E-state index in [1.165, 1.54) is 18.2 Å². The highest BCUT2D eigenvalue weighted by atomic mass is 19.4. The van der Waals surface area contributed by atoms with Crippen LogP contribution in [-0.4, -0.2) is 15.7 Å². The number of alkyl halides is 3. The van der Waals surface area contributed by atoms with E-state index in [1.807, 2.05) is 0 Å². The first-order chi connectivity index (χ1) is 13.7. The van der Waals surface area contributed by atoms with Gasteiger partial charge in [0.05, 0.1) is 11.3 Å². The SMILES string of the molecule is C=CC(=O)NCc1c(F)cc(-c2ccc(C(F)(F)F)cc2)cc1-c1ccn(C)n1. The number of aromatic nitrogens is 2. The maximum atomic E-state index is 14.9. The second-order valence-corrected chi connectivity index (χ2v) is 6.36. The van der Waals surface area contributed by atoms with E-state index in [0.29, 0.717) is 22.4 Å². The van der Waals surface area contributed by atoms with E-state index in [-0.39, 0.29) is 12.1 Å². The Morgan fingerprint density at radius 2 is 1.86 bits per heavy atom. The summed E-state index contributed by atoms with van der Waals surface area (Å²) in [4.78, 5) is 11.5. The van der Waals surface area contributed by atoms with E-state index < -0.39 is 23.5 Å². The lowest BCUT2D eigenvalue weighted by molar-refractivity contribution is -0.137. The number of hydrogen-bond acceptors (Lipinski definition) is 2. The van der Waals surface area contributed by atoms with E-state index >= 15 is 0 Å². The predicted molar refractivity (Wildman–Crippen MR) is 101 cm³/mol. The smallest absolute Gasteiger partial charge is 0.348 e. The Labute approximate surface area is 164 Å². The third-order valence-corrected chi connectivity index (χ3v) is 4.36. The van der Waals surface area contributed by atoms with E-state index in [4.69, 9.17) is 0 Å². The molecule has 1 N–H and O–H groups in total. The molecule has 0 aliphatic carbocycles. The Kier molecular flexibility index (Phi) is 5.54. The molecule has 0 aliphatic rings. The molecule has 150 valence electrons. The summed E-state index contributed by atoms with van der Waals surface area (Å²) in [6, 6.07) is 9.04. The molecule has 3 aromatic rings. The number of hydrogen-bond donors (Lipinski definition) is 1. The average molecular weight is 403 g/mol. The molecular formula is C21H17F4N3O. The number of rotatable bonds is 5. The van der Waals surface area contributed by atoms with Crippen LogP contribution in [0.5, 0.6) is 0 Å². The van der Waals surface area contributed by atoms with Gasteiger partial charge in [-0.2, -0.15) is 18.3 Å². The van der Waals surface area contributed by atoms with Crippen molar-refractivity contribution >= 4 is 5.91 Å². The van der Waals surface area contributed by atoms with Crippen LogP contribution in [0.4, 0.5) is 17.6 Å². The van der Waals surface area contributed by atoms with Gasteiger partial charge in [-0.15, -0.1) is 0 Å². The van der Waals surface area contributed by atoms with Crippen molar-refractivity contribution in [3.05, 3.63) is 78.3 Å². The van der Waals surface area contributed by atoms with Crippen LogP contribution in [-0.2, 0) is 24.6 Å². The van der Waals surface area contributed by atoms with Crippen LogP contribution < -0.4 is 5.32 Å². The van der Waals surface area contributed by atoms with Crippen molar-refractivity contribution < 1.29 is 22.4 Å². The summed E-state index contributed by atoms with van der Waals surface area (Å²) in [5.41, 5.74) is 1.17. The van der Waals surface area contributed by atoms with Crippen LogP contribution in [0, 0.1) is 5.82 Å². The highest BCUT2D eigenvalue weighted by molar-refractivity contribution is 5.87. The molecule has 29 heavy (non-hydrogen) atoms. The fraction of sp³-hybridized carbons (Fsp3) is 0.143. The van der Waals surface area contributed by atoms with Crippen molar-refractivity contribution in [2.75, 3.05) is 0 Å². The topological polar surface area (TPSA) is 46.9 Å². The molecule has 8 heteroatoms.